The standard InChI is InChI=1S/C18H15N5O2S/c1-25-14-9-5-3-7-12(14)16-21-18(23-22-16)26-10-15-19-13-8-4-2-6-11(13)17(24)20-15/h2-9H,10H2,1H3,(H,19,20,24)(H,21,22,23). The van der Waals surface area contributed by atoms with E-state index in [-0.39, 0.29) is 5.56 Å². The van der Waals surface area contributed by atoms with Gasteiger partial charge >= 0.3 is 0 Å². The third kappa shape index (κ3) is 3.18. The number of hydrogen-bond donors (Lipinski definition) is 2. The first-order chi connectivity index (χ1) is 12.7. The number of ether oxygens (including phenoxy) is 1. The zero-order valence-electron chi connectivity index (χ0n) is 13.9. The number of methoxy groups -OCH3 is 1. The molecule has 0 unspecified atom stereocenters. The van der Waals surface area contributed by atoms with Gasteiger partial charge in [0.15, 0.2) is 5.82 Å². The summed E-state index contributed by atoms with van der Waals surface area (Å²) in [5, 5.41) is 8.29. The first-order valence-electron chi connectivity index (χ1n) is 7.91. The molecule has 2 heterocycles. The van der Waals surface area contributed by atoms with Crippen molar-refractivity contribution in [1.82, 2.24) is 25.1 Å². The number of hydrogen-bond acceptors (Lipinski definition) is 6. The lowest BCUT2D eigenvalue weighted by atomic mass is 10.2. The number of benzene rings is 2. The molecule has 0 radical (unpaired) electrons. The highest BCUT2D eigenvalue weighted by Gasteiger charge is 2.11. The third-order valence-electron chi connectivity index (χ3n) is 3.83. The van der Waals surface area contributed by atoms with E-state index < -0.39 is 0 Å². The molecule has 0 aliphatic carbocycles. The lowest BCUT2D eigenvalue weighted by Crippen LogP contribution is -2.11. The van der Waals surface area contributed by atoms with Crippen molar-refractivity contribution < 1.29 is 4.74 Å². The van der Waals surface area contributed by atoms with E-state index in [4.69, 9.17) is 4.74 Å². The zero-order chi connectivity index (χ0) is 17.9. The van der Waals surface area contributed by atoms with Gasteiger partial charge in [0, 0.05) is 0 Å². The highest BCUT2D eigenvalue weighted by molar-refractivity contribution is 7.98. The molecule has 0 atom stereocenters. The van der Waals surface area contributed by atoms with Gasteiger partial charge in [0.1, 0.15) is 11.6 Å². The van der Waals surface area contributed by atoms with Crippen LogP contribution in [0.25, 0.3) is 22.3 Å². The SMILES string of the molecule is COc1ccccc1-c1nc(SCc2nc3ccccc3c(=O)[nH]2)n[nH]1. The van der Waals surface area contributed by atoms with E-state index in [9.17, 15) is 4.79 Å². The number of fused-ring (bicyclic) bond motifs is 1. The van der Waals surface area contributed by atoms with Gasteiger partial charge in [-0.1, -0.05) is 36.0 Å². The Labute approximate surface area is 152 Å². The molecular weight excluding hydrogens is 350 g/mol. The number of thioether (sulfide) groups is 1. The van der Waals surface area contributed by atoms with Crippen molar-refractivity contribution in [3.63, 3.8) is 0 Å². The average molecular weight is 365 g/mol. The largest absolute Gasteiger partial charge is 0.496 e. The first-order valence-corrected chi connectivity index (χ1v) is 8.89. The van der Waals surface area contributed by atoms with Gasteiger partial charge in [0.25, 0.3) is 5.56 Å². The number of para-hydroxylation sites is 2. The van der Waals surface area contributed by atoms with E-state index in [1.807, 2.05) is 42.5 Å². The van der Waals surface area contributed by atoms with Crippen LogP contribution in [-0.4, -0.2) is 32.3 Å². The second kappa shape index (κ2) is 7.01. The van der Waals surface area contributed by atoms with Gasteiger partial charge in [-0.15, -0.1) is 5.10 Å². The van der Waals surface area contributed by atoms with Crippen LogP contribution in [0.4, 0.5) is 0 Å². The van der Waals surface area contributed by atoms with E-state index in [1.165, 1.54) is 11.8 Å². The number of nitrogens with zero attached hydrogens (tertiary/aromatic N) is 3. The molecule has 0 fully saturated rings. The third-order valence-corrected chi connectivity index (χ3v) is 4.69. The van der Waals surface area contributed by atoms with Crippen molar-refractivity contribution >= 4 is 22.7 Å². The molecule has 0 spiro atoms. The monoisotopic (exact) mass is 365 g/mol. The molecule has 0 bridgehead atoms. The molecule has 2 N–H and O–H groups in total. The Morgan fingerprint density at radius 3 is 2.77 bits per heavy atom. The van der Waals surface area contributed by atoms with Gasteiger partial charge in [-0.05, 0) is 24.3 Å². The topological polar surface area (TPSA) is 96.6 Å². The van der Waals surface area contributed by atoms with Crippen molar-refractivity contribution in [1.29, 1.82) is 0 Å². The number of aromatic nitrogens is 5. The molecule has 0 aliphatic heterocycles. The fourth-order valence-corrected chi connectivity index (χ4v) is 3.28. The summed E-state index contributed by atoms with van der Waals surface area (Å²) < 4.78 is 5.35. The predicted octanol–water partition coefficient (Wildman–Crippen LogP) is 3.01. The number of aromatic amines is 2. The molecule has 7 nitrogen and oxygen atoms in total. The molecule has 8 heteroatoms. The maximum absolute atomic E-state index is 12.1. The molecule has 130 valence electrons. The summed E-state index contributed by atoms with van der Waals surface area (Å²) in [5.41, 5.74) is 1.37. The molecule has 0 saturated heterocycles. The molecule has 2 aromatic heterocycles. The summed E-state index contributed by atoms with van der Waals surface area (Å²) in [6, 6.07) is 14.9. The van der Waals surface area contributed by atoms with Gasteiger partial charge < -0.3 is 9.72 Å². The van der Waals surface area contributed by atoms with Crippen LogP contribution < -0.4 is 10.3 Å². The highest BCUT2D eigenvalue weighted by atomic mass is 32.2. The molecule has 0 aliphatic rings. The lowest BCUT2D eigenvalue weighted by molar-refractivity contribution is 0.416. The Hall–Kier alpha value is -3.13. The van der Waals surface area contributed by atoms with E-state index in [2.05, 4.69) is 25.1 Å². The van der Waals surface area contributed by atoms with Gasteiger partial charge in [0.2, 0.25) is 5.16 Å². The molecule has 4 rings (SSSR count). The quantitative estimate of drug-likeness (QED) is 0.528. The zero-order valence-corrected chi connectivity index (χ0v) is 14.7. The maximum atomic E-state index is 12.1. The van der Waals surface area contributed by atoms with Crippen LogP contribution >= 0.6 is 11.8 Å². The number of H-pyrrole nitrogens is 2. The Morgan fingerprint density at radius 2 is 1.88 bits per heavy atom. The summed E-state index contributed by atoms with van der Waals surface area (Å²) in [5.74, 6) is 2.40. The van der Waals surface area contributed by atoms with Gasteiger partial charge in [-0.25, -0.2) is 9.97 Å². The molecular formula is C18H15N5O2S. The fraction of sp³-hybridized carbons (Fsp3) is 0.111. The maximum Gasteiger partial charge on any atom is 0.258 e. The van der Waals surface area contributed by atoms with Crippen LogP contribution in [0, 0.1) is 0 Å². The van der Waals surface area contributed by atoms with E-state index in [1.54, 1.807) is 13.2 Å². The van der Waals surface area contributed by atoms with Crippen molar-refractivity contribution in [2.24, 2.45) is 0 Å². The molecule has 26 heavy (non-hydrogen) atoms. The van der Waals surface area contributed by atoms with Crippen molar-refractivity contribution in [2.45, 2.75) is 10.9 Å². The summed E-state index contributed by atoms with van der Waals surface area (Å²) in [6.07, 6.45) is 0. The minimum absolute atomic E-state index is 0.143. The Bertz CT molecular complexity index is 1120. The van der Waals surface area contributed by atoms with Crippen LogP contribution in [0.1, 0.15) is 5.82 Å². The summed E-state index contributed by atoms with van der Waals surface area (Å²) in [6.45, 7) is 0. The number of nitrogens with one attached hydrogen (secondary N) is 2. The van der Waals surface area contributed by atoms with Crippen LogP contribution in [0.2, 0.25) is 0 Å². The van der Waals surface area contributed by atoms with Gasteiger partial charge in [0.05, 0.1) is 29.3 Å². The van der Waals surface area contributed by atoms with Crippen molar-refractivity contribution in [3.05, 3.63) is 64.7 Å². The highest BCUT2D eigenvalue weighted by Crippen LogP contribution is 2.28. The van der Waals surface area contributed by atoms with E-state index in [0.717, 1.165) is 11.3 Å². The Kier molecular flexibility index (Phi) is 4.40. The predicted molar refractivity (Wildman–Crippen MR) is 100 cm³/mol. The minimum atomic E-state index is -0.143. The molecule has 4 aromatic rings. The van der Waals surface area contributed by atoms with Gasteiger partial charge in [-0.3, -0.25) is 9.89 Å². The van der Waals surface area contributed by atoms with Crippen LogP contribution in [0.5, 0.6) is 5.75 Å². The average Bonchev–Trinajstić information content (AvgIpc) is 3.15. The molecule has 0 saturated carbocycles. The van der Waals surface area contributed by atoms with Crippen LogP contribution in [0.15, 0.2) is 58.5 Å². The van der Waals surface area contributed by atoms with Crippen molar-refractivity contribution in [3.8, 4) is 17.1 Å². The Morgan fingerprint density at radius 1 is 1.08 bits per heavy atom. The number of rotatable bonds is 5. The van der Waals surface area contributed by atoms with E-state index in [0.29, 0.717) is 33.5 Å². The van der Waals surface area contributed by atoms with E-state index >= 15 is 0 Å². The Balaban J connectivity index is 1.54. The second-order valence-electron chi connectivity index (χ2n) is 5.49. The van der Waals surface area contributed by atoms with Gasteiger partial charge in [-0.2, -0.15) is 0 Å². The normalized spacial score (nSPS) is 11.0. The minimum Gasteiger partial charge on any atom is -0.496 e. The summed E-state index contributed by atoms with van der Waals surface area (Å²) in [4.78, 5) is 23.9. The van der Waals surface area contributed by atoms with Crippen LogP contribution in [-0.2, 0) is 5.75 Å². The lowest BCUT2D eigenvalue weighted by Gasteiger charge is -2.04. The fourth-order valence-electron chi connectivity index (χ4n) is 2.61. The first kappa shape index (κ1) is 16.3. The molecule has 0 amide bonds. The molecule has 2 aromatic carbocycles. The smallest absolute Gasteiger partial charge is 0.258 e. The second-order valence-corrected chi connectivity index (χ2v) is 6.43. The summed E-state index contributed by atoms with van der Waals surface area (Å²) in [7, 11) is 1.62. The van der Waals surface area contributed by atoms with Crippen molar-refractivity contribution in [2.75, 3.05) is 7.11 Å². The van der Waals surface area contributed by atoms with Crippen LogP contribution in [0.3, 0.4) is 0 Å². The summed E-state index contributed by atoms with van der Waals surface area (Å²) >= 11 is 1.39.